The lowest BCUT2D eigenvalue weighted by Crippen LogP contribution is -2.06. The molecule has 6 heterocycles. The number of hydrogen-bond acceptors (Lipinski definition) is 6. The zero-order valence-corrected chi connectivity index (χ0v) is 70.2. The fraction of sp³-hybridized carbons (Fsp3) is 0. The van der Waals surface area contributed by atoms with Gasteiger partial charge in [-0.3, -0.25) is 9.13 Å². The average molecular weight is 1660 g/mol. The van der Waals surface area contributed by atoms with Crippen molar-refractivity contribution < 1.29 is 0 Å². The Hall–Kier alpha value is -17.6. The lowest BCUT2D eigenvalue weighted by Gasteiger charge is -2.14. The van der Waals surface area contributed by atoms with E-state index in [9.17, 15) is 0 Å². The highest BCUT2D eigenvalue weighted by Crippen LogP contribution is 2.45. The van der Waals surface area contributed by atoms with E-state index < -0.39 is 0 Å². The average Bonchev–Trinajstić information content (AvgIpc) is 1.54. The van der Waals surface area contributed by atoms with Gasteiger partial charge in [-0.2, -0.15) is 19.9 Å². The molecule has 10 heteroatoms. The van der Waals surface area contributed by atoms with Crippen LogP contribution in [0.3, 0.4) is 0 Å². The van der Waals surface area contributed by atoms with Gasteiger partial charge in [0.2, 0.25) is 11.9 Å². The molecule has 21 aromatic carbocycles. The van der Waals surface area contributed by atoms with E-state index in [-0.39, 0.29) is 0 Å². The van der Waals surface area contributed by atoms with Gasteiger partial charge in [-0.15, -0.1) is 0 Å². The Morgan fingerprint density at radius 1 is 0.115 bits per heavy atom. The standard InChI is InChI=1S/C63H39N5.C57H35N5/c1-3-16-40(17-4-1)42-31-34-59-55(37-42)52-26-11-13-28-57(52)67(59)46-21-15-20-44(36-46)61-64-62(45-30-33-51-49-24-8-7-22-47(49)48-23-9-10-25-50(48)54(51)39-45)66-63(65-61)68-58-29-14-12-27-53(58)56-38-43(32-35-60(56)68)41-18-5-2-6-19-41;1-3-15-36(16-4-1)37-29-32-53-50(33-37)47-24-12-14-26-52(47)62(53)57-59-55(38-27-30-45-43-21-8-7-19-41(43)42-20-9-10-22-44(42)49(45)34-38)58-56(60-57)39-28-31-48-46-23-11-13-25-51(46)61(54(48)35-39)40-17-5-2-6-18-40/h1-39H;1-35H. The SMILES string of the molecule is c1ccc(-c2ccc3c(c2)c2ccccc2n3-c2cccc(-c3nc(-c4ccc5c6ccccc6c6ccccc6c5c4)nc(-n4c5ccccc5c5cc(-c6ccccc6)ccc54)n3)c2)cc1.c1ccc(-c2ccc3c(c2)c2ccccc2n3-c2nc(-c3ccc4c5ccccc5c5ccccc5c4c3)nc(-c3ccc4c5ccccc5n(-c5ccccc5)c4c3)n2)cc1. The molecular formula is C120H74N10. The second-order valence-corrected chi connectivity index (χ2v) is 33.6. The zero-order valence-electron chi connectivity index (χ0n) is 70.2. The van der Waals surface area contributed by atoms with Gasteiger partial charge in [0.25, 0.3) is 0 Å². The molecule has 0 fully saturated rings. The van der Waals surface area contributed by atoms with E-state index in [1.54, 1.807) is 0 Å². The molecule has 0 saturated heterocycles. The summed E-state index contributed by atoms with van der Waals surface area (Å²) >= 11 is 0. The molecule has 604 valence electrons. The van der Waals surface area contributed by atoms with Crippen molar-refractivity contribution in [1.82, 2.24) is 48.2 Å². The summed E-state index contributed by atoms with van der Waals surface area (Å²) in [6, 6.07) is 160. The van der Waals surface area contributed by atoms with Crippen LogP contribution < -0.4 is 0 Å². The number of hydrogen-bond donors (Lipinski definition) is 0. The summed E-state index contributed by atoms with van der Waals surface area (Å²) in [5, 5.41) is 23.9. The quantitative estimate of drug-likeness (QED) is 0.120. The Balaban J connectivity index is 0.000000137. The maximum Gasteiger partial charge on any atom is 0.238 e. The smallest absolute Gasteiger partial charge is 0.238 e. The summed E-state index contributed by atoms with van der Waals surface area (Å²) in [7, 11) is 0. The van der Waals surface area contributed by atoms with Gasteiger partial charge in [0.05, 0.1) is 44.1 Å². The first-order valence-corrected chi connectivity index (χ1v) is 44.1. The molecule has 0 spiro atoms. The molecule has 0 radical (unpaired) electrons. The number of benzene rings is 21. The minimum Gasteiger partial charge on any atom is -0.309 e. The normalized spacial score (nSPS) is 11.8. The first-order valence-electron chi connectivity index (χ1n) is 44.1. The second kappa shape index (κ2) is 30.1. The Morgan fingerprint density at radius 2 is 0.346 bits per heavy atom. The van der Waals surface area contributed by atoms with Gasteiger partial charge in [-0.25, -0.2) is 9.97 Å². The molecule has 0 bridgehead atoms. The summed E-state index contributed by atoms with van der Waals surface area (Å²) in [4.78, 5) is 32.4. The van der Waals surface area contributed by atoms with Gasteiger partial charge in [-0.05, 0) is 201 Å². The third-order valence-electron chi connectivity index (χ3n) is 26.3. The summed E-state index contributed by atoms with van der Waals surface area (Å²) in [5.74, 6) is 3.53. The highest BCUT2D eigenvalue weighted by atomic mass is 15.2. The third kappa shape index (κ3) is 12.1. The number of aromatic nitrogens is 10. The number of rotatable bonds is 11. The lowest BCUT2D eigenvalue weighted by molar-refractivity contribution is 0.953. The molecule has 10 nitrogen and oxygen atoms in total. The molecule has 27 rings (SSSR count). The largest absolute Gasteiger partial charge is 0.309 e. The first kappa shape index (κ1) is 73.9. The third-order valence-corrected chi connectivity index (χ3v) is 26.3. The number of fused-ring (bicyclic) bond motifs is 24. The van der Waals surface area contributed by atoms with Crippen molar-refractivity contribution in [3.8, 4) is 102 Å². The van der Waals surface area contributed by atoms with Crippen LogP contribution in [0.25, 0.3) is 254 Å². The van der Waals surface area contributed by atoms with Crippen molar-refractivity contribution in [2.75, 3.05) is 0 Å². The minimum absolute atomic E-state index is 0.558. The van der Waals surface area contributed by atoms with Crippen LogP contribution in [0.15, 0.2) is 449 Å². The highest BCUT2D eigenvalue weighted by molar-refractivity contribution is 6.27. The van der Waals surface area contributed by atoms with Gasteiger partial charge in [0.1, 0.15) is 0 Å². The monoisotopic (exact) mass is 1650 g/mol. The van der Waals surface area contributed by atoms with Gasteiger partial charge < -0.3 is 9.13 Å². The Kier molecular flexibility index (Phi) is 17.1. The predicted octanol–water partition coefficient (Wildman–Crippen LogP) is 30.7. The molecule has 130 heavy (non-hydrogen) atoms. The molecular weight excluding hydrogens is 1580 g/mol. The van der Waals surface area contributed by atoms with Gasteiger partial charge in [0, 0.05) is 76.7 Å². The Morgan fingerprint density at radius 3 is 0.723 bits per heavy atom. The van der Waals surface area contributed by atoms with Crippen LogP contribution in [-0.2, 0) is 0 Å². The van der Waals surface area contributed by atoms with Crippen molar-refractivity contribution >= 4 is 152 Å². The van der Waals surface area contributed by atoms with Crippen molar-refractivity contribution in [2.24, 2.45) is 0 Å². The molecule has 6 aromatic heterocycles. The van der Waals surface area contributed by atoms with E-state index in [0.717, 1.165) is 116 Å². The molecule has 0 N–H and O–H groups in total. The van der Waals surface area contributed by atoms with Crippen LogP contribution in [-0.4, -0.2) is 48.2 Å². The maximum absolute atomic E-state index is 5.43. The summed E-state index contributed by atoms with van der Waals surface area (Å²) in [5.41, 5.74) is 21.5. The molecule has 0 aliphatic rings. The summed E-state index contributed by atoms with van der Waals surface area (Å²) in [6.45, 7) is 0. The minimum atomic E-state index is 0.558. The highest BCUT2D eigenvalue weighted by Gasteiger charge is 2.25. The lowest BCUT2D eigenvalue weighted by atomic mass is 9.93. The summed E-state index contributed by atoms with van der Waals surface area (Å²) in [6.07, 6.45) is 0. The molecule has 0 saturated carbocycles. The van der Waals surface area contributed by atoms with Gasteiger partial charge in [0.15, 0.2) is 23.3 Å². The van der Waals surface area contributed by atoms with E-state index in [0.29, 0.717) is 35.2 Å². The van der Waals surface area contributed by atoms with E-state index >= 15 is 0 Å². The zero-order chi connectivity index (χ0) is 85.4. The number of para-hydroxylation sites is 5. The molecule has 0 aliphatic heterocycles. The van der Waals surface area contributed by atoms with E-state index in [4.69, 9.17) is 29.9 Å². The van der Waals surface area contributed by atoms with Gasteiger partial charge in [-0.1, -0.05) is 346 Å². The number of nitrogens with zero attached hydrogens (tertiary/aromatic N) is 10. The molecule has 0 aliphatic carbocycles. The molecule has 0 unspecified atom stereocenters. The Labute approximate surface area is 746 Å². The molecule has 27 aromatic rings. The molecule has 0 amide bonds. The second-order valence-electron chi connectivity index (χ2n) is 33.6. The van der Waals surface area contributed by atoms with Crippen molar-refractivity contribution in [3.63, 3.8) is 0 Å². The topological polar surface area (TPSA) is 97.1 Å². The van der Waals surface area contributed by atoms with Crippen LogP contribution in [0.4, 0.5) is 0 Å². The fourth-order valence-electron chi connectivity index (χ4n) is 20.3. The van der Waals surface area contributed by atoms with Gasteiger partial charge >= 0.3 is 0 Å². The van der Waals surface area contributed by atoms with Crippen LogP contribution >= 0.6 is 0 Å². The van der Waals surface area contributed by atoms with Crippen LogP contribution in [0, 0.1) is 0 Å². The van der Waals surface area contributed by atoms with Crippen molar-refractivity contribution in [1.29, 1.82) is 0 Å². The summed E-state index contributed by atoms with van der Waals surface area (Å²) < 4.78 is 9.12. The van der Waals surface area contributed by atoms with Crippen molar-refractivity contribution in [3.05, 3.63) is 449 Å². The van der Waals surface area contributed by atoms with Crippen LogP contribution in [0.2, 0.25) is 0 Å². The van der Waals surface area contributed by atoms with Crippen molar-refractivity contribution in [2.45, 2.75) is 0 Å². The van der Waals surface area contributed by atoms with E-state index in [2.05, 4.69) is 467 Å². The first-order chi connectivity index (χ1) is 64.5. The Bertz CT molecular complexity index is 9240. The van der Waals surface area contributed by atoms with Crippen LogP contribution in [0.1, 0.15) is 0 Å². The maximum atomic E-state index is 5.43. The predicted molar refractivity (Wildman–Crippen MR) is 540 cm³/mol. The van der Waals surface area contributed by atoms with E-state index in [1.807, 2.05) is 0 Å². The van der Waals surface area contributed by atoms with E-state index in [1.165, 1.54) is 103 Å². The molecule has 0 atom stereocenters. The fourth-order valence-corrected chi connectivity index (χ4v) is 20.3. The van der Waals surface area contributed by atoms with Crippen LogP contribution in [0.5, 0.6) is 0 Å².